The fourth-order valence-electron chi connectivity index (χ4n) is 3.18. The summed E-state index contributed by atoms with van der Waals surface area (Å²) < 4.78 is 0. The average molecular weight is 269 g/mol. The molecule has 4 nitrogen and oxygen atoms in total. The largest absolute Gasteiger partial charge is 0.342 e. The third-order valence-corrected chi connectivity index (χ3v) is 4.26. The van der Waals surface area contributed by atoms with Gasteiger partial charge in [-0.2, -0.15) is 0 Å². The van der Waals surface area contributed by atoms with Crippen molar-refractivity contribution in [3.8, 4) is 11.4 Å². The molecule has 1 N–H and O–H groups in total. The third-order valence-electron chi connectivity index (χ3n) is 4.26. The van der Waals surface area contributed by atoms with Crippen LogP contribution in [0.25, 0.3) is 11.4 Å². The van der Waals surface area contributed by atoms with E-state index in [0.717, 1.165) is 54.7 Å². The Labute approximate surface area is 118 Å². The summed E-state index contributed by atoms with van der Waals surface area (Å²) in [6, 6.07) is 3.87. The number of H-pyrrole nitrogens is 1. The van der Waals surface area contributed by atoms with E-state index < -0.39 is 0 Å². The minimum atomic E-state index is -0.390. The summed E-state index contributed by atoms with van der Waals surface area (Å²) in [7, 11) is 0. The van der Waals surface area contributed by atoms with E-state index in [2.05, 4.69) is 9.97 Å². The molecule has 1 saturated carbocycles. The first kappa shape index (κ1) is 13.0. The molecule has 0 spiro atoms. The van der Waals surface area contributed by atoms with Crippen LogP contribution in [0.15, 0.2) is 24.5 Å². The molecule has 1 fully saturated rings. The number of imidazole rings is 1. The maximum absolute atomic E-state index is 11.7. The molecule has 2 aromatic heterocycles. The van der Waals surface area contributed by atoms with E-state index >= 15 is 0 Å². The highest BCUT2D eigenvalue weighted by molar-refractivity contribution is 5.69. The lowest BCUT2D eigenvalue weighted by atomic mass is 9.72. The number of nitrogens with one attached hydrogen (secondary N) is 1. The monoisotopic (exact) mass is 269 g/mol. The molecule has 0 radical (unpaired) electrons. The number of pyridine rings is 1. The molecular formula is C16H19N3O. The number of carbonyl (C=O) groups excluding carboxylic acids is 1. The van der Waals surface area contributed by atoms with Gasteiger partial charge in [-0.1, -0.05) is 19.3 Å². The molecule has 1 aliphatic rings. The van der Waals surface area contributed by atoms with E-state index in [9.17, 15) is 4.79 Å². The molecule has 1 aliphatic carbocycles. The number of aromatic amines is 1. The zero-order valence-corrected chi connectivity index (χ0v) is 11.7. The maximum atomic E-state index is 11.7. The SMILES string of the molecule is Cc1[nH]c(-c2cccnc2)nc1C1(C=O)CCCCC1. The van der Waals surface area contributed by atoms with Gasteiger partial charge in [0.25, 0.3) is 0 Å². The van der Waals surface area contributed by atoms with Crippen LogP contribution >= 0.6 is 0 Å². The second kappa shape index (κ2) is 5.19. The summed E-state index contributed by atoms with van der Waals surface area (Å²) in [6.07, 6.45) is 9.89. The maximum Gasteiger partial charge on any atom is 0.139 e. The first-order valence-corrected chi connectivity index (χ1v) is 7.19. The number of aryl methyl sites for hydroxylation is 1. The van der Waals surface area contributed by atoms with Crippen molar-refractivity contribution in [2.75, 3.05) is 0 Å². The van der Waals surface area contributed by atoms with Gasteiger partial charge >= 0.3 is 0 Å². The van der Waals surface area contributed by atoms with Crippen LogP contribution in [0.4, 0.5) is 0 Å². The predicted molar refractivity (Wildman–Crippen MR) is 77.4 cm³/mol. The van der Waals surface area contributed by atoms with E-state index in [1.165, 1.54) is 6.42 Å². The van der Waals surface area contributed by atoms with Crippen molar-refractivity contribution in [1.29, 1.82) is 0 Å². The van der Waals surface area contributed by atoms with Gasteiger partial charge in [0.15, 0.2) is 0 Å². The third kappa shape index (κ3) is 2.15. The molecule has 20 heavy (non-hydrogen) atoms. The zero-order chi connectivity index (χ0) is 14.0. The van der Waals surface area contributed by atoms with Crippen LogP contribution in [0.2, 0.25) is 0 Å². The number of carbonyl (C=O) groups is 1. The van der Waals surface area contributed by atoms with Crippen molar-refractivity contribution in [1.82, 2.24) is 15.0 Å². The van der Waals surface area contributed by atoms with Crippen LogP contribution in [0, 0.1) is 6.92 Å². The van der Waals surface area contributed by atoms with Crippen LogP contribution in [0.1, 0.15) is 43.5 Å². The van der Waals surface area contributed by atoms with Gasteiger partial charge in [-0.05, 0) is 31.9 Å². The Kier molecular flexibility index (Phi) is 3.38. The molecule has 104 valence electrons. The zero-order valence-electron chi connectivity index (χ0n) is 11.7. The van der Waals surface area contributed by atoms with Crippen molar-refractivity contribution in [3.63, 3.8) is 0 Å². The van der Waals surface area contributed by atoms with Crippen LogP contribution in [-0.2, 0) is 10.2 Å². The molecular weight excluding hydrogens is 250 g/mol. The summed E-state index contributed by atoms with van der Waals surface area (Å²) in [5.41, 5.74) is 2.49. The van der Waals surface area contributed by atoms with Gasteiger partial charge in [0.1, 0.15) is 12.1 Å². The molecule has 3 rings (SSSR count). The van der Waals surface area contributed by atoms with Crippen LogP contribution in [0.3, 0.4) is 0 Å². The number of nitrogens with zero attached hydrogens (tertiary/aromatic N) is 2. The van der Waals surface area contributed by atoms with Gasteiger partial charge in [-0.3, -0.25) is 4.98 Å². The van der Waals surface area contributed by atoms with Crippen LogP contribution in [-0.4, -0.2) is 21.2 Å². The lowest BCUT2D eigenvalue weighted by molar-refractivity contribution is -0.113. The van der Waals surface area contributed by atoms with Crippen molar-refractivity contribution in [3.05, 3.63) is 35.9 Å². The Morgan fingerprint density at radius 3 is 2.75 bits per heavy atom. The Hall–Kier alpha value is -1.97. The Bertz CT molecular complexity index is 597. The fourth-order valence-corrected chi connectivity index (χ4v) is 3.18. The van der Waals surface area contributed by atoms with Gasteiger partial charge < -0.3 is 9.78 Å². The average Bonchev–Trinajstić information content (AvgIpc) is 2.91. The molecule has 0 amide bonds. The van der Waals surface area contributed by atoms with E-state index in [4.69, 9.17) is 4.98 Å². The smallest absolute Gasteiger partial charge is 0.139 e. The lowest BCUT2D eigenvalue weighted by Gasteiger charge is -2.30. The standard InChI is InChI=1S/C16H19N3O/c1-12-14(16(11-20)7-3-2-4-8-16)19-15(18-12)13-6-5-9-17-10-13/h5-6,9-11H,2-4,7-8H2,1H3,(H,18,19). The molecule has 2 aromatic rings. The van der Waals surface area contributed by atoms with E-state index in [-0.39, 0.29) is 5.41 Å². The Balaban J connectivity index is 2.02. The van der Waals surface area contributed by atoms with Crippen molar-refractivity contribution in [2.45, 2.75) is 44.4 Å². The number of rotatable bonds is 3. The quantitative estimate of drug-likeness (QED) is 0.871. The summed E-state index contributed by atoms with van der Waals surface area (Å²) in [6.45, 7) is 2.00. The minimum Gasteiger partial charge on any atom is -0.342 e. The van der Waals surface area contributed by atoms with Crippen molar-refractivity contribution in [2.24, 2.45) is 0 Å². The minimum absolute atomic E-state index is 0.390. The molecule has 0 atom stereocenters. The highest BCUT2D eigenvalue weighted by Crippen LogP contribution is 2.39. The van der Waals surface area contributed by atoms with Gasteiger partial charge in [0.2, 0.25) is 0 Å². The second-order valence-electron chi connectivity index (χ2n) is 5.64. The van der Waals surface area contributed by atoms with E-state index in [0.29, 0.717) is 0 Å². The van der Waals surface area contributed by atoms with Gasteiger partial charge in [-0.25, -0.2) is 4.98 Å². The molecule has 0 aromatic carbocycles. The second-order valence-corrected chi connectivity index (χ2v) is 5.64. The van der Waals surface area contributed by atoms with E-state index in [1.807, 2.05) is 19.1 Å². The first-order chi connectivity index (χ1) is 9.75. The topological polar surface area (TPSA) is 58.6 Å². The predicted octanol–water partition coefficient (Wildman–Crippen LogP) is 3.18. The van der Waals surface area contributed by atoms with Crippen molar-refractivity contribution < 1.29 is 4.79 Å². The summed E-state index contributed by atoms with van der Waals surface area (Å²) in [5, 5.41) is 0. The highest BCUT2D eigenvalue weighted by atomic mass is 16.1. The van der Waals surface area contributed by atoms with Crippen LogP contribution < -0.4 is 0 Å². The summed E-state index contributed by atoms with van der Waals surface area (Å²) in [5.74, 6) is 0.803. The molecule has 2 heterocycles. The number of aldehydes is 1. The number of hydrogen-bond donors (Lipinski definition) is 1. The lowest BCUT2D eigenvalue weighted by Crippen LogP contribution is -2.31. The van der Waals surface area contributed by atoms with Crippen LogP contribution in [0.5, 0.6) is 0 Å². The summed E-state index contributed by atoms with van der Waals surface area (Å²) in [4.78, 5) is 23.9. The Morgan fingerprint density at radius 1 is 1.30 bits per heavy atom. The highest BCUT2D eigenvalue weighted by Gasteiger charge is 2.37. The fraction of sp³-hybridized carbons (Fsp3) is 0.438. The first-order valence-electron chi connectivity index (χ1n) is 7.19. The summed E-state index contributed by atoms with van der Waals surface area (Å²) >= 11 is 0. The molecule has 0 bridgehead atoms. The normalized spacial score (nSPS) is 17.9. The molecule has 0 unspecified atom stereocenters. The van der Waals surface area contributed by atoms with Gasteiger partial charge in [-0.15, -0.1) is 0 Å². The number of hydrogen-bond acceptors (Lipinski definition) is 3. The molecule has 0 aliphatic heterocycles. The Morgan fingerprint density at radius 2 is 2.10 bits per heavy atom. The van der Waals surface area contributed by atoms with Gasteiger partial charge in [0, 0.05) is 23.7 Å². The molecule has 0 saturated heterocycles. The van der Waals surface area contributed by atoms with E-state index in [1.54, 1.807) is 12.4 Å². The van der Waals surface area contributed by atoms with Gasteiger partial charge in [0.05, 0.1) is 11.1 Å². The van der Waals surface area contributed by atoms with Crippen molar-refractivity contribution >= 4 is 6.29 Å². The number of aromatic nitrogens is 3. The molecule has 4 heteroatoms.